The number of halogens is 2. The number of benzene rings is 1. The van der Waals surface area contributed by atoms with Gasteiger partial charge in [0, 0.05) is 13.6 Å². The highest BCUT2D eigenvalue weighted by atomic mass is 35.5. The molecule has 0 saturated heterocycles. The second-order valence-corrected chi connectivity index (χ2v) is 4.21. The summed E-state index contributed by atoms with van der Waals surface area (Å²) in [7, 11) is 1.61. The lowest BCUT2D eigenvalue weighted by Gasteiger charge is -2.15. The highest BCUT2D eigenvalue weighted by Gasteiger charge is 2.18. The summed E-state index contributed by atoms with van der Waals surface area (Å²) >= 11 is 5.56. The van der Waals surface area contributed by atoms with Gasteiger partial charge in [0.1, 0.15) is 11.5 Å². The van der Waals surface area contributed by atoms with Crippen LogP contribution in [0.4, 0.5) is 15.8 Å². The van der Waals surface area contributed by atoms with Gasteiger partial charge in [0.2, 0.25) is 5.91 Å². The predicted octanol–water partition coefficient (Wildman–Crippen LogP) is 2.28. The normalized spacial score (nSPS) is 10.1. The smallest absolute Gasteiger partial charge is 0.295 e. The molecule has 1 amide bonds. The summed E-state index contributed by atoms with van der Waals surface area (Å²) in [6.45, 7) is 2.19. The Bertz CT molecular complexity index is 510. The highest BCUT2D eigenvalue weighted by Crippen LogP contribution is 2.30. The maximum absolute atomic E-state index is 13.2. The summed E-state index contributed by atoms with van der Waals surface area (Å²) in [4.78, 5) is 23.1. The van der Waals surface area contributed by atoms with Crippen LogP contribution in [0.15, 0.2) is 12.1 Å². The van der Waals surface area contributed by atoms with Gasteiger partial charge in [-0.25, -0.2) is 4.39 Å². The van der Waals surface area contributed by atoms with E-state index in [1.54, 1.807) is 14.0 Å². The molecule has 0 bridgehead atoms. The minimum Gasteiger partial charge on any atom is -0.371 e. The molecule has 6 nitrogen and oxygen atoms in total. The van der Waals surface area contributed by atoms with E-state index in [-0.39, 0.29) is 23.2 Å². The maximum atomic E-state index is 13.2. The summed E-state index contributed by atoms with van der Waals surface area (Å²) in [5.41, 5.74) is -0.455. The molecule has 0 aliphatic rings. The van der Waals surface area contributed by atoms with E-state index in [9.17, 15) is 19.3 Å². The van der Waals surface area contributed by atoms with Crippen LogP contribution in [0.25, 0.3) is 0 Å². The van der Waals surface area contributed by atoms with Crippen LogP contribution in [0, 0.1) is 15.9 Å². The number of carbonyl (C=O) groups excluding carboxylic acids is 1. The number of nitrogens with zero attached hydrogens (tertiary/aromatic N) is 2. The van der Waals surface area contributed by atoms with Gasteiger partial charge in [-0.15, -0.1) is 0 Å². The third-order valence-corrected chi connectivity index (χ3v) is 2.86. The van der Waals surface area contributed by atoms with Gasteiger partial charge in [-0.1, -0.05) is 11.6 Å². The first-order valence-corrected chi connectivity index (χ1v) is 5.85. The summed E-state index contributed by atoms with van der Waals surface area (Å²) in [5.74, 6) is -1.12. The fourth-order valence-electron chi connectivity index (χ4n) is 1.31. The number of likely N-dealkylation sites (N-methyl/N-ethyl adjacent to an activating group) is 1. The molecule has 0 radical (unpaired) electrons. The van der Waals surface area contributed by atoms with Crippen LogP contribution in [0.1, 0.15) is 6.92 Å². The van der Waals surface area contributed by atoms with Gasteiger partial charge >= 0.3 is 0 Å². The van der Waals surface area contributed by atoms with Gasteiger partial charge in [0.15, 0.2) is 0 Å². The number of carbonyl (C=O) groups is 1. The Balaban J connectivity index is 2.91. The molecule has 0 aliphatic heterocycles. The number of anilines is 1. The zero-order valence-corrected chi connectivity index (χ0v) is 11.2. The minimum atomic E-state index is -0.879. The standard InChI is InChI=1S/C11H13ClFN3O3/c1-3-15(2)11(17)6-14-9-4-7(12)8(13)5-10(9)16(18)19/h4-5,14H,3,6H2,1-2H3. The van der Waals surface area contributed by atoms with Crippen molar-refractivity contribution in [2.45, 2.75) is 6.92 Å². The third kappa shape index (κ3) is 3.78. The Kier molecular flexibility index (Phi) is 5.05. The van der Waals surface area contributed by atoms with E-state index in [1.165, 1.54) is 4.90 Å². The van der Waals surface area contributed by atoms with Crippen LogP contribution < -0.4 is 5.32 Å². The number of hydrogen-bond acceptors (Lipinski definition) is 4. The number of nitro groups is 1. The van der Waals surface area contributed by atoms with Gasteiger partial charge in [-0.3, -0.25) is 14.9 Å². The van der Waals surface area contributed by atoms with E-state index in [4.69, 9.17) is 11.6 Å². The van der Waals surface area contributed by atoms with Crippen molar-refractivity contribution in [3.05, 3.63) is 33.1 Å². The van der Waals surface area contributed by atoms with Gasteiger partial charge in [-0.2, -0.15) is 0 Å². The molecule has 1 aromatic rings. The average Bonchev–Trinajstić information content (AvgIpc) is 2.37. The van der Waals surface area contributed by atoms with Crippen LogP contribution in [0.5, 0.6) is 0 Å². The minimum absolute atomic E-state index is 0.00857. The molecule has 0 spiro atoms. The zero-order chi connectivity index (χ0) is 14.6. The van der Waals surface area contributed by atoms with E-state index in [1.807, 2.05) is 0 Å². The first kappa shape index (κ1) is 15.2. The number of nitrogens with one attached hydrogen (secondary N) is 1. The predicted molar refractivity (Wildman–Crippen MR) is 69.9 cm³/mol. The SMILES string of the molecule is CCN(C)C(=O)CNc1cc(Cl)c(F)cc1[N+](=O)[O-]. The second-order valence-electron chi connectivity index (χ2n) is 3.80. The van der Waals surface area contributed by atoms with Crippen LogP contribution >= 0.6 is 11.6 Å². The van der Waals surface area contributed by atoms with Crippen molar-refractivity contribution in [1.29, 1.82) is 0 Å². The molecular formula is C11H13ClFN3O3. The Morgan fingerprint density at radius 3 is 2.74 bits per heavy atom. The Hall–Kier alpha value is -1.89. The molecule has 0 unspecified atom stereocenters. The second kappa shape index (κ2) is 6.33. The molecule has 1 aromatic carbocycles. The fourth-order valence-corrected chi connectivity index (χ4v) is 1.47. The van der Waals surface area contributed by atoms with E-state index < -0.39 is 16.4 Å². The van der Waals surface area contributed by atoms with Crippen LogP contribution in [-0.4, -0.2) is 35.9 Å². The van der Waals surface area contributed by atoms with Gasteiger partial charge < -0.3 is 10.2 Å². The maximum Gasteiger partial charge on any atom is 0.295 e. The first-order chi connectivity index (χ1) is 8.86. The van der Waals surface area contributed by atoms with E-state index in [0.717, 1.165) is 12.1 Å². The molecule has 0 aliphatic carbocycles. The Labute approximate surface area is 114 Å². The van der Waals surface area contributed by atoms with Crippen molar-refractivity contribution in [2.24, 2.45) is 0 Å². The van der Waals surface area contributed by atoms with Crippen LogP contribution in [0.2, 0.25) is 5.02 Å². The molecule has 8 heteroatoms. The Morgan fingerprint density at radius 2 is 2.21 bits per heavy atom. The summed E-state index contributed by atoms with van der Waals surface area (Å²) in [6.07, 6.45) is 0. The quantitative estimate of drug-likeness (QED) is 0.666. The van der Waals surface area contributed by atoms with Crippen molar-refractivity contribution in [3.63, 3.8) is 0 Å². The third-order valence-electron chi connectivity index (χ3n) is 2.57. The molecule has 1 rings (SSSR count). The molecule has 0 aromatic heterocycles. The average molecular weight is 290 g/mol. The largest absolute Gasteiger partial charge is 0.371 e. The van der Waals surface area contributed by atoms with Crippen molar-refractivity contribution >= 4 is 28.9 Å². The van der Waals surface area contributed by atoms with Gasteiger partial charge in [-0.05, 0) is 13.0 Å². The molecule has 104 valence electrons. The lowest BCUT2D eigenvalue weighted by molar-refractivity contribution is -0.384. The van der Waals surface area contributed by atoms with Crippen molar-refractivity contribution in [2.75, 3.05) is 25.5 Å². The molecule has 1 N–H and O–H groups in total. The molecular weight excluding hydrogens is 277 g/mol. The van der Waals surface area contributed by atoms with E-state index in [0.29, 0.717) is 6.54 Å². The van der Waals surface area contributed by atoms with Crippen LogP contribution in [0.3, 0.4) is 0 Å². The molecule has 0 fully saturated rings. The lowest BCUT2D eigenvalue weighted by Crippen LogP contribution is -2.32. The summed E-state index contributed by atoms with van der Waals surface area (Å²) in [6, 6.07) is 1.81. The van der Waals surface area contributed by atoms with E-state index in [2.05, 4.69) is 5.32 Å². The molecule has 0 heterocycles. The first-order valence-electron chi connectivity index (χ1n) is 5.48. The number of hydrogen-bond donors (Lipinski definition) is 1. The van der Waals surface area contributed by atoms with Crippen LogP contribution in [-0.2, 0) is 4.79 Å². The zero-order valence-electron chi connectivity index (χ0n) is 10.4. The Morgan fingerprint density at radius 1 is 1.58 bits per heavy atom. The molecule has 19 heavy (non-hydrogen) atoms. The summed E-state index contributed by atoms with van der Waals surface area (Å²) < 4.78 is 13.2. The lowest BCUT2D eigenvalue weighted by atomic mass is 10.2. The summed E-state index contributed by atoms with van der Waals surface area (Å²) in [5, 5.41) is 13.1. The number of nitro benzene ring substituents is 1. The monoisotopic (exact) mass is 289 g/mol. The fraction of sp³-hybridized carbons (Fsp3) is 0.364. The van der Waals surface area contributed by atoms with Crippen molar-refractivity contribution < 1.29 is 14.1 Å². The molecule has 0 atom stereocenters. The van der Waals surface area contributed by atoms with Crippen molar-refractivity contribution in [1.82, 2.24) is 4.90 Å². The number of amides is 1. The van der Waals surface area contributed by atoms with Gasteiger partial charge in [0.05, 0.1) is 22.6 Å². The number of rotatable bonds is 5. The highest BCUT2D eigenvalue weighted by molar-refractivity contribution is 6.31. The van der Waals surface area contributed by atoms with Gasteiger partial charge in [0.25, 0.3) is 5.69 Å². The van der Waals surface area contributed by atoms with Crippen molar-refractivity contribution in [3.8, 4) is 0 Å². The van der Waals surface area contributed by atoms with E-state index >= 15 is 0 Å². The molecule has 0 saturated carbocycles. The topological polar surface area (TPSA) is 75.5 Å².